The highest BCUT2D eigenvalue weighted by molar-refractivity contribution is 8.00. The lowest BCUT2D eigenvalue weighted by molar-refractivity contribution is -0.121. The molecule has 0 aromatic carbocycles. The van der Waals surface area contributed by atoms with E-state index in [1.54, 1.807) is 11.5 Å². The number of nitrogens with zero attached hydrogens (tertiary/aromatic N) is 3. The molecule has 150 valence electrons. The number of aryl methyl sites for hydroxylation is 2. The molecule has 0 bridgehead atoms. The number of hydrogen-bond acceptors (Lipinski definition) is 6. The molecule has 1 fully saturated rings. The molecule has 0 aliphatic heterocycles. The Morgan fingerprint density at radius 3 is 2.68 bits per heavy atom. The Bertz CT molecular complexity index is 996. The van der Waals surface area contributed by atoms with E-state index >= 15 is 0 Å². The predicted molar refractivity (Wildman–Crippen MR) is 114 cm³/mol. The smallest absolute Gasteiger partial charge is 0.263 e. The highest BCUT2D eigenvalue weighted by Gasteiger charge is 2.35. The first-order valence-electron chi connectivity index (χ1n) is 9.72. The number of carbonyl (C=O) groups is 1. The molecule has 0 saturated heterocycles. The van der Waals surface area contributed by atoms with E-state index < -0.39 is 10.8 Å². The van der Waals surface area contributed by atoms with E-state index in [0.717, 1.165) is 34.5 Å². The van der Waals surface area contributed by atoms with Crippen LogP contribution in [0.4, 0.5) is 0 Å². The van der Waals surface area contributed by atoms with Crippen molar-refractivity contribution in [3.05, 3.63) is 20.8 Å². The molecule has 0 spiro atoms. The van der Waals surface area contributed by atoms with Crippen molar-refractivity contribution in [2.45, 2.75) is 82.3 Å². The molecule has 1 aliphatic carbocycles. The number of aromatic nitrogens is 2. The summed E-state index contributed by atoms with van der Waals surface area (Å²) in [5.41, 5.74) is 0.175. The third-order valence-electron chi connectivity index (χ3n) is 5.51. The zero-order valence-electron chi connectivity index (χ0n) is 16.8. The number of nitriles is 1. The SMILES string of the molecule is CCn1c(S[C@H](C)C(=O)NC2(C#N)CCCCC2)nc2sc(C)c(C)c2c1=O. The first-order valence-corrected chi connectivity index (χ1v) is 11.4. The minimum absolute atomic E-state index is 0.0507. The number of thioether (sulfide) groups is 1. The van der Waals surface area contributed by atoms with Gasteiger partial charge in [-0.25, -0.2) is 4.98 Å². The number of amides is 1. The van der Waals surface area contributed by atoms with Crippen molar-refractivity contribution in [3.63, 3.8) is 0 Å². The maximum absolute atomic E-state index is 13.0. The van der Waals surface area contributed by atoms with E-state index in [0.29, 0.717) is 29.9 Å². The van der Waals surface area contributed by atoms with E-state index in [4.69, 9.17) is 4.98 Å². The number of carbonyl (C=O) groups excluding carboxylic acids is 1. The largest absolute Gasteiger partial charge is 0.337 e. The van der Waals surface area contributed by atoms with Gasteiger partial charge in [-0.3, -0.25) is 14.2 Å². The van der Waals surface area contributed by atoms with E-state index in [-0.39, 0.29) is 11.5 Å². The normalized spacial score (nSPS) is 17.2. The van der Waals surface area contributed by atoms with Crippen molar-refractivity contribution < 1.29 is 4.79 Å². The molecule has 1 saturated carbocycles. The predicted octanol–water partition coefficient (Wildman–Crippen LogP) is 3.92. The summed E-state index contributed by atoms with van der Waals surface area (Å²) in [5, 5.41) is 13.4. The van der Waals surface area contributed by atoms with Crippen LogP contribution in [0.15, 0.2) is 9.95 Å². The van der Waals surface area contributed by atoms with Crippen LogP contribution in [0, 0.1) is 25.2 Å². The van der Waals surface area contributed by atoms with Gasteiger partial charge in [0.2, 0.25) is 5.91 Å². The zero-order valence-corrected chi connectivity index (χ0v) is 18.4. The lowest BCUT2D eigenvalue weighted by atomic mass is 9.83. The molecule has 6 nitrogen and oxygen atoms in total. The van der Waals surface area contributed by atoms with Crippen LogP contribution >= 0.6 is 23.1 Å². The lowest BCUT2D eigenvalue weighted by Gasteiger charge is -2.32. The molecule has 2 heterocycles. The summed E-state index contributed by atoms with van der Waals surface area (Å²) < 4.78 is 1.64. The quantitative estimate of drug-likeness (QED) is 0.587. The number of thiophene rings is 1. The van der Waals surface area contributed by atoms with E-state index in [1.165, 1.54) is 23.1 Å². The Labute approximate surface area is 173 Å². The highest BCUT2D eigenvalue weighted by Crippen LogP contribution is 2.31. The van der Waals surface area contributed by atoms with Crippen molar-refractivity contribution in [2.75, 3.05) is 0 Å². The van der Waals surface area contributed by atoms with Crippen LogP contribution in [-0.4, -0.2) is 26.2 Å². The van der Waals surface area contributed by atoms with Crippen LogP contribution in [0.3, 0.4) is 0 Å². The molecule has 28 heavy (non-hydrogen) atoms. The second-order valence-electron chi connectivity index (χ2n) is 7.41. The van der Waals surface area contributed by atoms with Crippen molar-refractivity contribution >= 4 is 39.2 Å². The van der Waals surface area contributed by atoms with Crippen molar-refractivity contribution in [1.82, 2.24) is 14.9 Å². The summed E-state index contributed by atoms with van der Waals surface area (Å²) in [6.07, 6.45) is 4.42. The second kappa shape index (κ2) is 8.26. The van der Waals surface area contributed by atoms with Gasteiger partial charge in [0.15, 0.2) is 5.16 Å². The molecule has 1 atom stereocenters. The van der Waals surface area contributed by atoms with Gasteiger partial charge in [-0.05, 0) is 46.1 Å². The first-order chi connectivity index (χ1) is 13.3. The Kier molecular flexibility index (Phi) is 6.15. The molecule has 1 aliphatic rings. The number of nitrogens with one attached hydrogen (secondary N) is 1. The summed E-state index contributed by atoms with van der Waals surface area (Å²) in [6.45, 7) is 8.15. The van der Waals surface area contributed by atoms with Gasteiger partial charge in [-0.15, -0.1) is 11.3 Å². The molecule has 0 unspecified atom stereocenters. The number of fused-ring (bicyclic) bond motifs is 1. The molecule has 1 amide bonds. The molecular weight excluding hydrogens is 392 g/mol. The van der Waals surface area contributed by atoms with Gasteiger partial charge in [0, 0.05) is 11.4 Å². The molecular formula is C20H26N4O2S2. The van der Waals surface area contributed by atoms with Crippen LogP contribution < -0.4 is 10.9 Å². The van der Waals surface area contributed by atoms with Gasteiger partial charge < -0.3 is 5.32 Å². The van der Waals surface area contributed by atoms with Crippen molar-refractivity contribution in [3.8, 4) is 6.07 Å². The van der Waals surface area contributed by atoms with Crippen LogP contribution in [-0.2, 0) is 11.3 Å². The molecule has 2 aromatic heterocycles. The maximum atomic E-state index is 13.0. The van der Waals surface area contributed by atoms with Gasteiger partial charge in [-0.1, -0.05) is 31.0 Å². The Balaban J connectivity index is 1.86. The van der Waals surface area contributed by atoms with Crippen LogP contribution in [0.25, 0.3) is 10.2 Å². The lowest BCUT2D eigenvalue weighted by Crippen LogP contribution is -2.51. The monoisotopic (exact) mass is 418 g/mol. The van der Waals surface area contributed by atoms with Gasteiger partial charge in [0.1, 0.15) is 10.4 Å². The average molecular weight is 419 g/mol. The molecule has 1 N–H and O–H groups in total. The van der Waals surface area contributed by atoms with Crippen LogP contribution in [0.2, 0.25) is 0 Å². The van der Waals surface area contributed by atoms with Gasteiger partial charge in [-0.2, -0.15) is 5.26 Å². The Hall–Kier alpha value is -1.85. The molecule has 2 aromatic rings. The van der Waals surface area contributed by atoms with Crippen LogP contribution in [0.5, 0.6) is 0 Å². The summed E-state index contributed by atoms with van der Waals surface area (Å²) in [6, 6.07) is 2.32. The summed E-state index contributed by atoms with van der Waals surface area (Å²) in [7, 11) is 0. The van der Waals surface area contributed by atoms with Crippen LogP contribution in [0.1, 0.15) is 56.4 Å². The number of rotatable bonds is 5. The fourth-order valence-corrected chi connectivity index (χ4v) is 5.69. The molecule has 3 rings (SSSR count). The summed E-state index contributed by atoms with van der Waals surface area (Å²) in [4.78, 5) is 32.2. The second-order valence-corrected chi connectivity index (χ2v) is 9.92. The Morgan fingerprint density at radius 2 is 2.07 bits per heavy atom. The van der Waals surface area contributed by atoms with E-state index in [9.17, 15) is 14.9 Å². The zero-order chi connectivity index (χ0) is 20.5. The third-order valence-corrected chi connectivity index (χ3v) is 7.70. The standard InChI is InChI=1S/C20H26N4O2S2/c1-5-24-18(26)15-12(2)13(3)27-17(15)22-19(24)28-14(4)16(25)23-20(11-21)9-7-6-8-10-20/h14H,5-10H2,1-4H3,(H,23,25)/t14-/m1/s1. The van der Waals surface area contributed by atoms with E-state index in [2.05, 4.69) is 11.4 Å². The fraction of sp³-hybridized carbons (Fsp3) is 0.600. The fourth-order valence-electron chi connectivity index (χ4n) is 3.65. The third kappa shape index (κ3) is 3.83. The summed E-state index contributed by atoms with van der Waals surface area (Å²) >= 11 is 2.79. The van der Waals surface area contributed by atoms with E-state index in [1.807, 2.05) is 20.8 Å². The number of hydrogen-bond donors (Lipinski definition) is 1. The average Bonchev–Trinajstić information content (AvgIpc) is 2.96. The minimum Gasteiger partial charge on any atom is -0.337 e. The highest BCUT2D eigenvalue weighted by atomic mass is 32.2. The topological polar surface area (TPSA) is 87.8 Å². The Morgan fingerprint density at radius 1 is 1.39 bits per heavy atom. The first kappa shape index (κ1) is 20.9. The molecule has 8 heteroatoms. The molecule has 0 radical (unpaired) electrons. The van der Waals surface area contributed by atoms with Gasteiger partial charge in [0.25, 0.3) is 5.56 Å². The van der Waals surface area contributed by atoms with Crippen molar-refractivity contribution in [2.24, 2.45) is 0 Å². The minimum atomic E-state index is -0.756. The van der Waals surface area contributed by atoms with Gasteiger partial charge >= 0.3 is 0 Å². The summed E-state index contributed by atoms with van der Waals surface area (Å²) in [5.74, 6) is -0.177. The maximum Gasteiger partial charge on any atom is 0.263 e. The van der Waals surface area contributed by atoms with Gasteiger partial charge in [0.05, 0.1) is 16.7 Å². The van der Waals surface area contributed by atoms with Crippen molar-refractivity contribution in [1.29, 1.82) is 5.26 Å².